The topological polar surface area (TPSA) is 173 Å². The molecule has 0 spiro atoms. The van der Waals surface area contributed by atoms with Gasteiger partial charge in [-0.3, -0.25) is 19.7 Å². The zero-order valence-corrected chi connectivity index (χ0v) is 25.4. The van der Waals surface area contributed by atoms with E-state index in [-0.39, 0.29) is 25.6 Å². The highest BCUT2D eigenvalue weighted by Gasteiger charge is 2.54. The Hall–Kier alpha value is -5.86. The van der Waals surface area contributed by atoms with Gasteiger partial charge in [-0.1, -0.05) is 5.21 Å². The summed E-state index contributed by atoms with van der Waals surface area (Å²) in [5.41, 5.74) is 3.01. The molecule has 1 fully saturated rings. The van der Waals surface area contributed by atoms with Gasteiger partial charge in [0.05, 0.1) is 45.0 Å². The van der Waals surface area contributed by atoms with Gasteiger partial charge in [-0.25, -0.2) is 4.68 Å². The molecule has 0 unspecified atom stereocenters. The number of ether oxygens (including phenoxy) is 7. The number of rotatable bonds is 9. The van der Waals surface area contributed by atoms with Crippen molar-refractivity contribution >= 4 is 17.6 Å². The number of hydrogen-bond donors (Lipinski definition) is 0. The number of hydrogen-bond acceptors (Lipinski definition) is 13. The lowest BCUT2D eigenvalue weighted by Gasteiger charge is -2.38. The Balaban J connectivity index is 1.23. The second-order valence-electron chi connectivity index (χ2n) is 11.1. The third-order valence-electron chi connectivity index (χ3n) is 8.63. The van der Waals surface area contributed by atoms with Crippen LogP contribution in [-0.4, -0.2) is 66.6 Å². The third kappa shape index (κ3) is 5.18. The van der Waals surface area contributed by atoms with Crippen molar-refractivity contribution in [2.24, 2.45) is 11.8 Å². The first-order valence-electron chi connectivity index (χ1n) is 14.5. The summed E-state index contributed by atoms with van der Waals surface area (Å²) >= 11 is 0. The summed E-state index contributed by atoms with van der Waals surface area (Å²) in [6.45, 7) is -0.224. The molecule has 0 N–H and O–H groups in total. The summed E-state index contributed by atoms with van der Waals surface area (Å²) in [6.07, 6.45) is 0.681. The van der Waals surface area contributed by atoms with E-state index >= 15 is 0 Å². The maximum Gasteiger partial charge on any atom is 0.328 e. The predicted octanol–water partition coefficient (Wildman–Crippen LogP) is 3.83. The number of methoxy groups -OCH3 is 3. The van der Waals surface area contributed by atoms with Crippen molar-refractivity contribution in [1.82, 2.24) is 15.0 Å². The van der Waals surface area contributed by atoms with E-state index in [1.165, 1.54) is 38.1 Å². The van der Waals surface area contributed by atoms with Gasteiger partial charge >= 0.3 is 11.9 Å². The molecule has 4 atom stereocenters. The van der Waals surface area contributed by atoms with E-state index < -0.39 is 40.7 Å². The Morgan fingerprint density at radius 2 is 1.66 bits per heavy atom. The number of cyclic esters (lactones) is 1. The molecule has 4 aromatic rings. The average Bonchev–Trinajstić information content (AvgIpc) is 3.83. The molecule has 15 nitrogen and oxygen atoms in total. The number of nitro benzene ring substituents is 1. The number of nitro groups is 1. The smallest absolute Gasteiger partial charge is 0.328 e. The Morgan fingerprint density at radius 1 is 0.979 bits per heavy atom. The van der Waals surface area contributed by atoms with Crippen LogP contribution in [0.4, 0.5) is 5.69 Å². The molecule has 15 heteroatoms. The molecule has 1 saturated heterocycles. The molecule has 0 radical (unpaired) electrons. The van der Waals surface area contributed by atoms with E-state index in [1.807, 2.05) is 6.07 Å². The van der Waals surface area contributed by atoms with E-state index in [2.05, 4.69) is 10.3 Å². The molecule has 2 aliphatic heterocycles. The first-order chi connectivity index (χ1) is 22.8. The van der Waals surface area contributed by atoms with Crippen LogP contribution in [0.2, 0.25) is 0 Å². The predicted molar refractivity (Wildman–Crippen MR) is 159 cm³/mol. The first-order valence-corrected chi connectivity index (χ1v) is 14.5. The molecule has 1 aliphatic carbocycles. The van der Waals surface area contributed by atoms with Gasteiger partial charge in [-0.2, -0.15) is 0 Å². The highest BCUT2D eigenvalue weighted by Crippen LogP contribution is 2.56. The number of esters is 2. The van der Waals surface area contributed by atoms with E-state index in [0.717, 1.165) is 0 Å². The van der Waals surface area contributed by atoms with Gasteiger partial charge in [0.1, 0.15) is 18.3 Å². The first kappa shape index (κ1) is 29.8. The second-order valence-corrected chi connectivity index (χ2v) is 11.1. The highest BCUT2D eigenvalue weighted by atomic mass is 16.7. The minimum absolute atomic E-state index is 0.0236. The Kier molecular flexibility index (Phi) is 7.50. The number of carbonyl (C=O) groups is 2. The van der Waals surface area contributed by atoms with E-state index in [0.29, 0.717) is 56.7 Å². The van der Waals surface area contributed by atoms with Crippen molar-refractivity contribution in [1.29, 1.82) is 0 Å². The van der Waals surface area contributed by atoms with Crippen LogP contribution < -0.4 is 23.7 Å². The number of benzene rings is 3. The van der Waals surface area contributed by atoms with Gasteiger partial charge in [0.2, 0.25) is 12.5 Å². The minimum Gasteiger partial charge on any atom is -0.493 e. The third-order valence-corrected chi connectivity index (χ3v) is 8.63. The van der Waals surface area contributed by atoms with Crippen molar-refractivity contribution < 1.29 is 47.7 Å². The molecular weight excluding hydrogens is 616 g/mol. The normalized spacial score (nSPS) is 20.5. The number of non-ortho nitro benzene ring substituents is 1. The van der Waals surface area contributed by atoms with Crippen molar-refractivity contribution in [2.75, 3.05) is 34.7 Å². The van der Waals surface area contributed by atoms with E-state index in [1.54, 1.807) is 36.5 Å². The quantitative estimate of drug-likeness (QED) is 0.146. The highest BCUT2D eigenvalue weighted by molar-refractivity contribution is 5.79. The molecule has 0 bridgehead atoms. The number of aromatic nitrogens is 3. The van der Waals surface area contributed by atoms with Gasteiger partial charge in [-0.05, 0) is 47.5 Å². The fraction of sp³-hybridized carbons (Fsp3) is 0.312. The van der Waals surface area contributed by atoms with Crippen LogP contribution in [0.3, 0.4) is 0 Å². The fourth-order valence-corrected chi connectivity index (χ4v) is 6.52. The van der Waals surface area contributed by atoms with Crippen molar-refractivity contribution in [3.05, 3.63) is 81.5 Å². The van der Waals surface area contributed by atoms with Crippen LogP contribution in [0, 0.1) is 22.0 Å². The maximum atomic E-state index is 13.4. The van der Waals surface area contributed by atoms with Gasteiger partial charge in [0.25, 0.3) is 5.69 Å². The number of carbonyl (C=O) groups excluding carboxylic acids is 2. The van der Waals surface area contributed by atoms with Crippen molar-refractivity contribution in [2.45, 2.75) is 18.6 Å². The monoisotopic (exact) mass is 644 g/mol. The van der Waals surface area contributed by atoms with Gasteiger partial charge in [0, 0.05) is 35.1 Å². The van der Waals surface area contributed by atoms with Crippen molar-refractivity contribution in [3.8, 4) is 40.0 Å². The molecule has 3 aliphatic rings. The zero-order valence-electron chi connectivity index (χ0n) is 25.4. The zero-order chi connectivity index (χ0) is 32.8. The average molecular weight is 645 g/mol. The Labute approximate surface area is 267 Å². The van der Waals surface area contributed by atoms with Crippen LogP contribution in [0.5, 0.6) is 28.7 Å². The van der Waals surface area contributed by atoms with Crippen molar-refractivity contribution in [3.63, 3.8) is 0 Å². The fourth-order valence-electron chi connectivity index (χ4n) is 6.52. The lowest BCUT2D eigenvalue weighted by molar-refractivity contribution is -0.384. The van der Waals surface area contributed by atoms with Crippen LogP contribution in [-0.2, 0) is 25.6 Å². The SMILES string of the molecule is COc1cc([C@@H]2c3cc4c(cc3[C@H](OC(=O)Cn3cc(-c5ccc([N+](=O)[O-])cc5)nn3)[C@H]3COC(=O)[C@H]23)OCO4)cc(OC)c1OC. The summed E-state index contributed by atoms with van der Waals surface area (Å²) in [6, 6.07) is 13.0. The van der Waals surface area contributed by atoms with Crippen LogP contribution >= 0.6 is 0 Å². The lowest BCUT2D eigenvalue weighted by atomic mass is 9.66. The molecule has 3 heterocycles. The van der Waals surface area contributed by atoms with Crippen LogP contribution in [0.1, 0.15) is 28.7 Å². The molecular formula is C32H28N4O11. The summed E-state index contributed by atoms with van der Waals surface area (Å²) in [5.74, 6) is -0.615. The second kappa shape index (κ2) is 11.8. The molecule has 242 valence electrons. The molecule has 3 aromatic carbocycles. The molecule has 47 heavy (non-hydrogen) atoms. The number of fused-ring (bicyclic) bond motifs is 3. The van der Waals surface area contributed by atoms with E-state index in [4.69, 9.17) is 33.2 Å². The Morgan fingerprint density at radius 3 is 2.30 bits per heavy atom. The number of nitrogens with zero attached hydrogens (tertiary/aromatic N) is 4. The lowest BCUT2D eigenvalue weighted by Crippen LogP contribution is -2.37. The maximum absolute atomic E-state index is 13.4. The summed E-state index contributed by atoms with van der Waals surface area (Å²) < 4.78 is 41.1. The standard InChI is InChI=1S/C32H28N4O11/c1-41-25-8-17(9-26(42-2)31(25)43-3)28-19-10-23-24(46-15-45-23)11-20(19)30(21-14-44-32(38)29(21)28)47-27(37)13-35-12-22(33-34-35)16-4-6-18(7-5-16)36(39)40/h4-12,21,28-30H,13-15H2,1-3H3/t21-,28+,29-,30-/m0/s1. The molecule has 0 amide bonds. The summed E-state index contributed by atoms with van der Waals surface area (Å²) in [4.78, 5) is 37.4. The Bertz CT molecular complexity index is 1870. The van der Waals surface area contributed by atoms with Gasteiger partial charge in [-0.15, -0.1) is 5.10 Å². The van der Waals surface area contributed by atoms with Crippen LogP contribution in [0.25, 0.3) is 11.3 Å². The molecule has 0 saturated carbocycles. The van der Waals surface area contributed by atoms with Crippen LogP contribution in [0.15, 0.2) is 54.7 Å². The van der Waals surface area contributed by atoms with E-state index in [9.17, 15) is 19.7 Å². The minimum atomic E-state index is -0.862. The largest absolute Gasteiger partial charge is 0.493 e. The van der Waals surface area contributed by atoms with Gasteiger partial charge < -0.3 is 33.2 Å². The summed E-state index contributed by atoms with van der Waals surface area (Å²) in [7, 11) is 4.54. The van der Waals surface area contributed by atoms with Gasteiger partial charge in [0.15, 0.2) is 23.0 Å². The molecule has 1 aromatic heterocycles. The summed E-state index contributed by atoms with van der Waals surface area (Å²) in [5, 5.41) is 19.1. The molecule has 7 rings (SSSR count).